The molecule has 26 nitrogen and oxygen atoms in total. The van der Waals surface area contributed by atoms with Crippen LogP contribution in [-0.4, -0.2) is 155 Å². The molecule has 26 heteroatoms. The molecule has 1 aromatic heterocycles. The number of aromatic nitrogens is 1. The van der Waals surface area contributed by atoms with Crippen LogP contribution in [-0.2, 0) is 54.3 Å². The molecule has 3 aliphatic rings. The van der Waals surface area contributed by atoms with Crippen LogP contribution in [0.2, 0.25) is 0 Å². The van der Waals surface area contributed by atoms with Crippen LogP contribution in [0.25, 0.3) is 33.0 Å². The fourth-order valence-corrected chi connectivity index (χ4v) is 14.5. The van der Waals surface area contributed by atoms with E-state index < -0.39 is 88.7 Å². The van der Waals surface area contributed by atoms with Crippen LogP contribution in [0.4, 0.5) is 16.2 Å². The number of urea groups is 1. The van der Waals surface area contributed by atoms with Crippen LogP contribution in [0.5, 0.6) is 17.2 Å². The van der Waals surface area contributed by atoms with Gasteiger partial charge in [0.1, 0.15) is 54.0 Å². The van der Waals surface area contributed by atoms with Gasteiger partial charge in [-0.05, 0) is 99.0 Å². The number of allylic oxidation sites excluding steroid dienone is 2. The molecule has 8 N–H and O–H groups in total. The molecular weight excluding hydrogens is 1370 g/mol. The number of aromatic hydroxyl groups is 1. The number of nitrogens with one attached hydrogen (secondary N) is 4. The van der Waals surface area contributed by atoms with E-state index in [0.29, 0.717) is 61.2 Å². The number of aliphatic hydroxyl groups is 1. The summed E-state index contributed by atoms with van der Waals surface area (Å²) in [5, 5.41) is 34.8. The summed E-state index contributed by atoms with van der Waals surface area (Å²) in [7, 11) is 5.54. The monoisotopic (exact) mass is 1480 g/mol. The van der Waals surface area contributed by atoms with Crippen molar-refractivity contribution in [3.05, 3.63) is 106 Å². The Hall–Kier alpha value is -9.53. The number of methoxy groups -OCH3 is 1. The van der Waals surface area contributed by atoms with E-state index in [4.69, 9.17) is 38.8 Å². The molecule has 4 bridgehead atoms. The zero-order valence-electron chi connectivity index (χ0n) is 64.9. The van der Waals surface area contributed by atoms with E-state index in [9.17, 15) is 53.4 Å². The van der Waals surface area contributed by atoms with E-state index >= 15 is 4.79 Å². The number of likely N-dealkylation sites (N-methyl/N-ethyl adjacent to an activating group) is 1. The topological polar surface area (TPSA) is 361 Å². The molecule has 5 aromatic rings. The lowest BCUT2D eigenvalue weighted by molar-refractivity contribution is -0.903. The summed E-state index contributed by atoms with van der Waals surface area (Å²) in [6.45, 7) is 26.5. The zero-order valence-corrected chi connectivity index (χ0v) is 64.9. The summed E-state index contributed by atoms with van der Waals surface area (Å²) >= 11 is 0. The summed E-state index contributed by atoms with van der Waals surface area (Å²) in [5.74, 6) is -8.99. The van der Waals surface area contributed by atoms with Gasteiger partial charge in [-0.15, -0.1) is 0 Å². The van der Waals surface area contributed by atoms with Gasteiger partial charge < -0.3 is 69.8 Å². The van der Waals surface area contributed by atoms with Crippen LogP contribution in [0.1, 0.15) is 163 Å². The first-order chi connectivity index (χ1) is 50.3. The quantitative estimate of drug-likeness (QED) is 0.00543. The molecule has 107 heavy (non-hydrogen) atoms. The highest BCUT2D eigenvalue weighted by Gasteiger charge is 2.50. The van der Waals surface area contributed by atoms with Crippen molar-refractivity contribution in [2.75, 3.05) is 58.1 Å². The van der Waals surface area contributed by atoms with E-state index in [1.807, 2.05) is 95.5 Å². The van der Waals surface area contributed by atoms with Crippen LogP contribution in [0, 0.1) is 59.7 Å². The number of nitrogens with zero attached hydrogens (tertiary/aromatic N) is 3. The molecule has 7 amide bonds. The number of esters is 1. The molecule has 0 saturated carbocycles. The SMILES string of the molecule is CO[C@H]1/C=C/O[C@@]2(C)Oc3c(C)c(=O)c4c(O)c(c5oc6cc(OCC[N+](C)(C)Cc7ccc(NC(=O)[C@H](CCCNC(N)=O)CC(=O)[C@@H](NC(=O)CCCCCN8C(=O)CC(C(C)(C)C)C8=O)C(C)C)cc7)ccc6nc5c4c3C2=O)NC(=O)/C(C)=C\C=C\[C@H](C)[C@H](O)[C@@H](C)[C@@H](C)[C@@H](C)[C@H](OC(C)=O)[C@@H]1C. The molecule has 1 saturated heterocycles. The van der Waals surface area contributed by atoms with E-state index in [2.05, 4.69) is 21.3 Å². The lowest BCUT2D eigenvalue weighted by atomic mass is 9.73. The number of Topliss-reactive ketones (excluding diaryl/α,β-unsaturated/α-hetero) is 2. The van der Waals surface area contributed by atoms with Crippen molar-refractivity contribution in [3.8, 4) is 17.2 Å². The number of carbonyl (C=O) groups excluding carboxylic acids is 9. The van der Waals surface area contributed by atoms with Crippen molar-refractivity contribution in [3.63, 3.8) is 0 Å². The maximum atomic E-state index is 15.1. The van der Waals surface area contributed by atoms with Gasteiger partial charge in [-0.25, -0.2) is 9.78 Å². The predicted octanol–water partition coefficient (Wildman–Crippen LogP) is 11.0. The predicted molar refractivity (Wildman–Crippen MR) is 406 cm³/mol. The maximum absolute atomic E-state index is 15.1. The third-order valence-corrected chi connectivity index (χ3v) is 21.4. The van der Waals surface area contributed by atoms with Crippen molar-refractivity contribution in [1.29, 1.82) is 0 Å². The van der Waals surface area contributed by atoms with Crippen LogP contribution in [0.15, 0.2) is 87.8 Å². The fourth-order valence-electron chi connectivity index (χ4n) is 14.5. The highest BCUT2D eigenvalue weighted by Crippen LogP contribution is 2.49. The third kappa shape index (κ3) is 19.8. The molecule has 1 fully saturated rings. The summed E-state index contributed by atoms with van der Waals surface area (Å²) in [6, 6.07) is 10.7. The number of unbranched alkanes of at least 4 members (excludes halogenated alkanes) is 2. The number of fused-ring (bicyclic) bond motifs is 2. The number of imide groups is 1. The number of hydrogen-bond donors (Lipinski definition) is 7. The van der Waals surface area contributed by atoms with Crippen molar-refractivity contribution in [2.45, 2.75) is 185 Å². The standard InChI is InChI=1S/C81H108N8O18/c1-43(2)66(86-61(92)26-19-18-20-35-88-62(93)41-56(78(88)100)80(11,12)13)58(91)39-53(25-22-34-83-79(82)101)77(99)84-54-29-27-52(28-30-54)42-89(15,16)36-38-103-55-31-32-57-60(40-55)106-74-67(85-57)63-64-70(95)50(9)73-65(63)75(97)81(14,107-73)104-37-33-59(102-17)49(8)72(105-51(10)90)48(7)46(5)47(6)69(94)44(3)23-21-24-45(4)76(98)87-68(74)71(64)96/h21,23-24,27-33,37,40,43-44,46-49,53,56,59,66,69,72,94H,18-20,22,25-26,34-36,38-39,41-42H2,1-17H3,(H6-,82,83,84,85,86,87,92,95,96,97,98,99,101)/p+1/b23-21+,37-33+,45-24-/t44-,46+,47-,48+,49+,53+,56?,59-,66-,69-,72-,81-/m0/s1. The van der Waals surface area contributed by atoms with Gasteiger partial charge in [-0.1, -0.05) is 106 Å². The summed E-state index contributed by atoms with van der Waals surface area (Å²) in [6.07, 6.45) is 7.84. The summed E-state index contributed by atoms with van der Waals surface area (Å²) in [5.41, 5.74) is 5.53. The number of rotatable bonds is 25. The summed E-state index contributed by atoms with van der Waals surface area (Å²) in [4.78, 5) is 141. The average Bonchev–Trinajstić information content (AvgIpc) is 1.64. The molecular formula is C81H109N8O18+. The lowest BCUT2D eigenvalue weighted by Gasteiger charge is -2.39. The summed E-state index contributed by atoms with van der Waals surface area (Å²) < 4.78 is 37.8. The second-order valence-corrected chi connectivity index (χ2v) is 31.5. The number of primary amides is 1. The second-order valence-electron chi connectivity index (χ2n) is 31.5. The largest absolute Gasteiger partial charge is 0.505 e. The number of nitrogens with two attached hydrogens (primary N) is 1. The van der Waals surface area contributed by atoms with Gasteiger partial charge in [0, 0.05) is 105 Å². The van der Waals surface area contributed by atoms with Gasteiger partial charge in [0.05, 0.1) is 55.5 Å². The zero-order chi connectivity index (χ0) is 78.9. The van der Waals surface area contributed by atoms with E-state index in [0.717, 1.165) is 5.56 Å². The Morgan fingerprint density at radius 2 is 1.61 bits per heavy atom. The molecule has 1 unspecified atom stereocenters. The highest BCUT2D eigenvalue weighted by atomic mass is 16.7. The number of anilines is 2. The Kier molecular flexibility index (Phi) is 27.2. The lowest BCUT2D eigenvalue weighted by Crippen LogP contribution is -2.45. The van der Waals surface area contributed by atoms with Gasteiger partial charge in [-0.2, -0.15) is 0 Å². The average molecular weight is 1480 g/mol. The molecule has 0 aliphatic carbocycles. The van der Waals surface area contributed by atoms with Gasteiger partial charge in [0.2, 0.25) is 23.6 Å². The molecule has 4 heterocycles. The normalized spacial score (nSPS) is 24.2. The molecule has 12 atom stereocenters. The molecule has 580 valence electrons. The third-order valence-electron chi connectivity index (χ3n) is 21.4. The number of phenols is 1. The highest BCUT2D eigenvalue weighted by molar-refractivity contribution is 6.26. The maximum Gasteiger partial charge on any atom is 0.312 e. The van der Waals surface area contributed by atoms with Gasteiger partial charge >= 0.3 is 17.8 Å². The van der Waals surface area contributed by atoms with E-state index in [1.165, 1.54) is 39.0 Å². The molecule has 3 aliphatic heterocycles. The van der Waals surface area contributed by atoms with Crippen LogP contribution >= 0.6 is 0 Å². The number of aliphatic hydroxyl groups excluding tert-OH is 1. The number of ketones is 2. The number of phenolic OH excluding ortho intramolecular Hbond substituents is 1. The minimum atomic E-state index is -2.08. The number of quaternary nitrogens is 1. The first-order valence-corrected chi connectivity index (χ1v) is 37.0. The minimum Gasteiger partial charge on any atom is -0.505 e. The van der Waals surface area contributed by atoms with E-state index in [1.54, 1.807) is 61.6 Å². The van der Waals surface area contributed by atoms with Crippen LogP contribution < -0.4 is 41.9 Å². The Morgan fingerprint density at radius 1 is 0.907 bits per heavy atom. The van der Waals surface area contributed by atoms with Gasteiger partial charge in [0.15, 0.2) is 28.1 Å². The number of ether oxygens (including phenoxy) is 5. The van der Waals surface area contributed by atoms with Gasteiger partial charge in [0.25, 0.3) is 11.7 Å². The Labute approximate surface area is 625 Å². The Balaban J connectivity index is 0.979. The fraction of sp³-hybridized carbons (Fsp3) is 0.543. The van der Waals surface area contributed by atoms with Crippen molar-refractivity contribution in [2.24, 2.45) is 58.5 Å². The van der Waals surface area contributed by atoms with Crippen molar-refractivity contribution < 1.29 is 85.9 Å². The van der Waals surface area contributed by atoms with Gasteiger partial charge in [-0.3, -0.25) is 48.1 Å². The van der Waals surface area contributed by atoms with Crippen molar-refractivity contribution in [1.82, 2.24) is 20.5 Å². The number of amides is 7. The molecule has 8 rings (SSSR count). The Bertz CT molecular complexity index is 4340. The minimum absolute atomic E-state index is 0.0346. The number of benzene rings is 4. The number of carbonyl (C=O) groups is 9. The van der Waals surface area contributed by atoms with Crippen molar-refractivity contribution >= 4 is 97.4 Å². The molecule has 4 aromatic carbocycles. The molecule has 0 spiro atoms. The van der Waals surface area contributed by atoms with Crippen LogP contribution in [0.3, 0.4) is 0 Å². The van der Waals surface area contributed by atoms with E-state index in [-0.39, 0.29) is 158 Å². The Morgan fingerprint density at radius 3 is 2.25 bits per heavy atom. The first kappa shape index (κ1) is 83.1. The first-order valence-electron chi connectivity index (χ1n) is 37.0. The molecule has 0 radical (unpaired) electrons. The number of hydrogen-bond acceptors (Lipinski definition) is 19. The second kappa shape index (κ2) is 35.0. The smallest absolute Gasteiger partial charge is 0.312 e. The number of likely N-dealkylation sites (tertiary alicyclic amines) is 1.